The molecule has 3 atom stereocenters. The highest BCUT2D eigenvalue weighted by Gasteiger charge is 2.47. The van der Waals surface area contributed by atoms with Crippen LogP contribution in [-0.4, -0.2) is 41.3 Å². The van der Waals surface area contributed by atoms with Gasteiger partial charge in [-0.05, 0) is 12.8 Å². The van der Waals surface area contributed by atoms with Crippen molar-refractivity contribution in [3.8, 4) is 0 Å². The van der Waals surface area contributed by atoms with Crippen molar-refractivity contribution >= 4 is 0 Å². The van der Waals surface area contributed by atoms with E-state index in [1.54, 1.807) is 0 Å². The van der Waals surface area contributed by atoms with Crippen LogP contribution in [0.3, 0.4) is 0 Å². The highest BCUT2D eigenvalue weighted by Crippen LogP contribution is 2.28. The zero-order valence-electron chi connectivity index (χ0n) is 6.79. The van der Waals surface area contributed by atoms with E-state index in [1.165, 1.54) is 0 Å². The van der Waals surface area contributed by atoms with Crippen LogP contribution in [0.1, 0.15) is 12.8 Å². The fourth-order valence-corrected chi connectivity index (χ4v) is 1.28. The molecule has 0 radical (unpaired) electrons. The van der Waals surface area contributed by atoms with Gasteiger partial charge in [0.05, 0.1) is 6.10 Å². The van der Waals surface area contributed by atoms with E-state index in [2.05, 4.69) is 4.74 Å². The third kappa shape index (κ3) is 2.55. The molecule has 3 nitrogen and oxygen atoms in total. The van der Waals surface area contributed by atoms with Crippen LogP contribution in [0.4, 0.5) is 13.2 Å². The summed E-state index contributed by atoms with van der Waals surface area (Å²) < 4.78 is 40.6. The lowest BCUT2D eigenvalue weighted by Crippen LogP contribution is -2.49. The molecule has 0 aromatic rings. The number of hydrogen-bond acceptors (Lipinski definition) is 3. The molecule has 0 aromatic carbocycles. The van der Waals surface area contributed by atoms with Gasteiger partial charge in [-0.1, -0.05) is 0 Å². The van der Waals surface area contributed by atoms with E-state index in [0.29, 0.717) is 6.42 Å². The number of rotatable bonds is 1. The molecule has 2 unspecified atom stereocenters. The summed E-state index contributed by atoms with van der Waals surface area (Å²) in [7, 11) is 0. The lowest BCUT2D eigenvalue weighted by atomic mass is 10.0. The van der Waals surface area contributed by atoms with Crippen LogP contribution in [0.5, 0.6) is 0 Å². The molecule has 1 rings (SSSR count). The van der Waals surface area contributed by atoms with Crippen molar-refractivity contribution in [1.82, 2.24) is 0 Å². The van der Waals surface area contributed by atoms with Gasteiger partial charge in [0.1, 0.15) is 6.10 Å². The first-order valence-corrected chi connectivity index (χ1v) is 3.97. The van der Waals surface area contributed by atoms with E-state index in [-0.39, 0.29) is 13.0 Å². The van der Waals surface area contributed by atoms with E-state index >= 15 is 0 Å². The van der Waals surface area contributed by atoms with Gasteiger partial charge in [-0.3, -0.25) is 0 Å². The Bertz CT molecular complexity index is 171. The second kappa shape index (κ2) is 3.81. The predicted octanol–water partition coefficient (Wildman–Crippen LogP) is 0.450. The molecule has 0 amide bonds. The quantitative estimate of drug-likeness (QED) is 0.646. The van der Waals surface area contributed by atoms with E-state index in [0.717, 1.165) is 0 Å². The number of aliphatic hydroxyl groups excluding tert-OH is 2. The van der Waals surface area contributed by atoms with Crippen molar-refractivity contribution in [2.45, 2.75) is 37.3 Å². The zero-order valence-corrected chi connectivity index (χ0v) is 6.79. The monoisotopic (exact) mass is 200 g/mol. The number of hydrogen-bond donors (Lipinski definition) is 2. The van der Waals surface area contributed by atoms with Gasteiger partial charge in [0, 0.05) is 6.61 Å². The first-order chi connectivity index (χ1) is 5.93. The van der Waals surface area contributed by atoms with Crippen LogP contribution in [0.25, 0.3) is 0 Å². The standard InChI is InChI=1S/C7H11F3O3/c8-7(9,10)6(12)5-4(11)2-1-3-13-5/h4-6,11-12H,1-3H2/t4-,5?,6?/m0/s1. The molecular formula is C7H11F3O3. The molecule has 1 aliphatic heterocycles. The Morgan fingerprint density at radius 3 is 2.46 bits per heavy atom. The van der Waals surface area contributed by atoms with Crippen LogP contribution >= 0.6 is 0 Å². The van der Waals surface area contributed by atoms with Crippen molar-refractivity contribution in [1.29, 1.82) is 0 Å². The minimum absolute atomic E-state index is 0.148. The normalized spacial score (nSPS) is 33.0. The number of ether oxygens (including phenoxy) is 1. The molecule has 1 saturated heterocycles. The third-order valence-electron chi connectivity index (χ3n) is 1.98. The van der Waals surface area contributed by atoms with E-state index in [9.17, 15) is 13.2 Å². The first-order valence-electron chi connectivity index (χ1n) is 3.97. The number of aliphatic hydroxyl groups is 2. The van der Waals surface area contributed by atoms with Gasteiger partial charge in [0.15, 0.2) is 6.10 Å². The maximum absolute atomic E-state index is 12.0. The summed E-state index contributed by atoms with van der Waals surface area (Å²) in [5.41, 5.74) is 0. The average molecular weight is 200 g/mol. The zero-order chi connectivity index (χ0) is 10.1. The highest BCUT2D eigenvalue weighted by molar-refractivity contribution is 4.84. The fourth-order valence-electron chi connectivity index (χ4n) is 1.28. The van der Waals surface area contributed by atoms with Crippen molar-refractivity contribution < 1.29 is 28.1 Å². The van der Waals surface area contributed by atoms with Gasteiger partial charge in [0.2, 0.25) is 0 Å². The Kier molecular flexibility index (Phi) is 3.15. The molecular weight excluding hydrogens is 189 g/mol. The highest BCUT2D eigenvalue weighted by atomic mass is 19.4. The summed E-state index contributed by atoms with van der Waals surface area (Å²) in [5, 5.41) is 17.9. The van der Waals surface area contributed by atoms with Crippen molar-refractivity contribution in [2.75, 3.05) is 6.61 Å². The van der Waals surface area contributed by atoms with Gasteiger partial charge in [-0.25, -0.2) is 0 Å². The van der Waals surface area contributed by atoms with Gasteiger partial charge >= 0.3 is 6.18 Å². The van der Waals surface area contributed by atoms with E-state index in [4.69, 9.17) is 10.2 Å². The Labute approximate surface area is 73.1 Å². The van der Waals surface area contributed by atoms with Crippen LogP contribution < -0.4 is 0 Å². The molecule has 1 heterocycles. The van der Waals surface area contributed by atoms with Crippen molar-refractivity contribution in [2.24, 2.45) is 0 Å². The predicted molar refractivity (Wildman–Crippen MR) is 37.0 cm³/mol. The molecule has 2 N–H and O–H groups in total. The van der Waals surface area contributed by atoms with Crippen LogP contribution in [0.2, 0.25) is 0 Å². The maximum atomic E-state index is 12.0. The molecule has 0 aromatic heterocycles. The van der Waals surface area contributed by atoms with Crippen LogP contribution in [0, 0.1) is 0 Å². The molecule has 0 aliphatic carbocycles. The molecule has 1 fully saturated rings. The number of alkyl halides is 3. The molecule has 78 valence electrons. The minimum atomic E-state index is -4.73. The first kappa shape index (κ1) is 10.7. The molecule has 13 heavy (non-hydrogen) atoms. The summed E-state index contributed by atoms with van der Waals surface area (Å²) >= 11 is 0. The smallest absolute Gasteiger partial charge is 0.390 e. The SMILES string of the molecule is OC(C1OCCC[C@@H]1O)C(F)(F)F. The molecule has 1 aliphatic rings. The van der Waals surface area contributed by atoms with Gasteiger partial charge in [-0.15, -0.1) is 0 Å². The Morgan fingerprint density at radius 1 is 1.38 bits per heavy atom. The van der Waals surface area contributed by atoms with Crippen LogP contribution in [-0.2, 0) is 4.74 Å². The molecule has 0 saturated carbocycles. The number of halogens is 3. The maximum Gasteiger partial charge on any atom is 0.417 e. The minimum Gasteiger partial charge on any atom is -0.390 e. The Hall–Kier alpha value is -0.330. The molecule has 0 bridgehead atoms. The van der Waals surface area contributed by atoms with Gasteiger partial charge in [0.25, 0.3) is 0 Å². The molecule has 6 heteroatoms. The van der Waals surface area contributed by atoms with Gasteiger partial charge in [-0.2, -0.15) is 13.2 Å². The average Bonchev–Trinajstić information content (AvgIpc) is 2.02. The summed E-state index contributed by atoms with van der Waals surface area (Å²) in [6, 6.07) is 0. The fraction of sp³-hybridized carbons (Fsp3) is 1.00. The summed E-state index contributed by atoms with van der Waals surface area (Å²) in [6.45, 7) is 0.148. The van der Waals surface area contributed by atoms with E-state index in [1.807, 2.05) is 0 Å². The Balaban J connectivity index is 2.58. The van der Waals surface area contributed by atoms with Crippen LogP contribution in [0.15, 0.2) is 0 Å². The van der Waals surface area contributed by atoms with Crippen molar-refractivity contribution in [3.05, 3.63) is 0 Å². The Morgan fingerprint density at radius 2 is 2.00 bits per heavy atom. The second-order valence-corrected chi connectivity index (χ2v) is 3.03. The largest absolute Gasteiger partial charge is 0.417 e. The summed E-state index contributed by atoms with van der Waals surface area (Å²) in [4.78, 5) is 0. The second-order valence-electron chi connectivity index (χ2n) is 3.03. The van der Waals surface area contributed by atoms with E-state index < -0.39 is 24.5 Å². The summed E-state index contributed by atoms with van der Waals surface area (Å²) in [6.07, 6.45) is -9.34. The third-order valence-corrected chi connectivity index (χ3v) is 1.98. The van der Waals surface area contributed by atoms with Gasteiger partial charge < -0.3 is 14.9 Å². The topological polar surface area (TPSA) is 49.7 Å². The lowest BCUT2D eigenvalue weighted by Gasteiger charge is -2.32. The van der Waals surface area contributed by atoms with Crippen molar-refractivity contribution in [3.63, 3.8) is 0 Å². The summed E-state index contributed by atoms with van der Waals surface area (Å²) in [5.74, 6) is 0. The lowest BCUT2D eigenvalue weighted by molar-refractivity contribution is -0.256. The molecule has 0 spiro atoms.